The van der Waals surface area contributed by atoms with E-state index in [2.05, 4.69) is 26.3 Å². The second kappa shape index (κ2) is 15.9. The van der Waals surface area contributed by atoms with Gasteiger partial charge in [0, 0.05) is 19.4 Å². The van der Waals surface area contributed by atoms with Gasteiger partial charge >= 0.3 is 5.97 Å². The Kier molecular flexibility index (Phi) is 13.4. The molecule has 5 amide bonds. The van der Waals surface area contributed by atoms with Crippen molar-refractivity contribution in [2.75, 3.05) is 13.1 Å². The van der Waals surface area contributed by atoms with Crippen LogP contribution in [-0.2, 0) is 28.8 Å². The van der Waals surface area contributed by atoms with Crippen molar-refractivity contribution in [1.29, 1.82) is 0 Å². The number of carboxylic acids is 1. The molecule has 0 aliphatic carbocycles. The van der Waals surface area contributed by atoms with Crippen LogP contribution in [0, 0.1) is 0 Å². The molecule has 37 heavy (non-hydrogen) atoms. The summed E-state index contributed by atoms with van der Waals surface area (Å²) < 4.78 is 0. The highest BCUT2D eigenvalue weighted by molar-refractivity contribution is 5.94. The third-order valence-electron chi connectivity index (χ3n) is 5.56. The summed E-state index contributed by atoms with van der Waals surface area (Å²) >= 11 is 0. The van der Waals surface area contributed by atoms with Gasteiger partial charge in [0.05, 0.1) is 6.04 Å². The van der Waals surface area contributed by atoms with Crippen molar-refractivity contribution in [3.05, 3.63) is 0 Å². The van der Waals surface area contributed by atoms with Crippen LogP contribution in [-0.4, -0.2) is 83.8 Å². The fourth-order valence-corrected chi connectivity index (χ4v) is 3.60. The molecule has 0 aromatic heterocycles. The molecule has 1 saturated heterocycles. The number of carboxylic acid groups (broad SMARTS) is 1. The normalized spacial score (nSPS) is 17.0. The minimum atomic E-state index is -1.43. The van der Waals surface area contributed by atoms with Crippen molar-refractivity contribution >= 4 is 41.5 Å². The van der Waals surface area contributed by atoms with Crippen LogP contribution >= 0.6 is 0 Å². The molecule has 1 fully saturated rings. The average molecular weight is 528 g/mol. The van der Waals surface area contributed by atoms with E-state index in [9.17, 15) is 33.9 Å². The fourth-order valence-electron chi connectivity index (χ4n) is 3.60. The molecule has 0 bridgehead atoms. The number of guanidine groups is 1. The molecule has 4 atom stereocenters. The largest absolute Gasteiger partial charge is 0.480 e. The Bertz CT molecular complexity index is 870. The molecule has 16 nitrogen and oxygen atoms in total. The molecule has 1 heterocycles. The highest BCUT2D eigenvalue weighted by Gasteiger charge is 2.31. The fraction of sp³-hybridized carbons (Fsp3) is 0.667. The van der Waals surface area contributed by atoms with Gasteiger partial charge in [0.25, 0.3) is 0 Å². The zero-order valence-electron chi connectivity index (χ0n) is 20.5. The smallest absolute Gasteiger partial charge is 0.326 e. The number of primary amides is 2. The molecule has 0 saturated carbocycles. The third kappa shape index (κ3) is 12.5. The van der Waals surface area contributed by atoms with E-state index in [4.69, 9.17) is 22.9 Å². The van der Waals surface area contributed by atoms with Gasteiger partial charge in [0.1, 0.15) is 18.1 Å². The van der Waals surface area contributed by atoms with Crippen LogP contribution in [0.1, 0.15) is 51.4 Å². The topological polar surface area (TPSA) is 287 Å². The van der Waals surface area contributed by atoms with Gasteiger partial charge < -0.3 is 49.3 Å². The monoisotopic (exact) mass is 527 g/mol. The summed E-state index contributed by atoms with van der Waals surface area (Å²) in [5, 5.41) is 19.8. The maximum absolute atomic E-state index is 13.1. The van der Waals surface area contributed by atoms with Crippen molar-refractivity contribution in [3.8, 4) is 0 Å². The molecule has 0 radical (unpaired) electrons. The summed E-state index contributed by atoms with van der Waals surface area (Å²) in [5.74, 6) is -5.03. The number of nitrogens with one attached hydrogen (secondary N) is 4. The Labute approximate surface area is 213 Å². The lowest BCUT2D eigenvalue weighted by atomic mass is 10.1. The molecule has 16 heteroatoms. The highest BCUT2D eigenvalue weighted by Crippen LogP contribution is 2.08. The second-order valence-electron chi connectivity index (χ2n) is 8.63. The van der Waals surface area contributed by atoms with E-state index in [0.717, 1.165) is 6.42 Å². The minimum absolute atomic E-state index is 0.0111. The quantitative estimate of drug-likeness (QED) is 0.0500. The van der Waals surface area contributed by atoms with Crippen molar-refractivity contribution < 1.29 is 33.9 Å². The Morgan fingerprint density at radius 1 is 0.838 bits per heavy atom. The van der Waals surface area contributed by atoms with Gasteiger partial charge in [-0.2, -0.15) is 0 Å². The number of hydrogen-bond donors (Lipinski definition) is 9. The summed E-state index contributed by atoms with van der Waals surface area (Å²) in [7, 11) is 0. The van der Waals surface area contributed by atoms with E-state index < -0.39 is 59.7 Å². The molecule has 4 unspecified atom stereocenters. The molecule has 0 aromatic rings. The van der Waals surface area contributed by atoms with Gasteiger partial charge in [-0.3, -0.25) is 29.0 Å². The highest BCUT2D eigenvalue weighted by atomic mass is 16.4. The van der Waals surface area contributed by atoms with Gasteiger partial charge in [-0.05, 0) is 45.1 Å². The molecule has 0 aromatic carbocycles. The average Bonchev–Trinajstić information content (AvgIpc) is 3.35. The predicted molar refractivity (Wildman–Crippen MR) is 131 cm³/mol. The summed E-state index contributed by atoms with van der Waals surface area (Å²) in [6, 6.07) is -4.35. The Morgan fingerprint density at radius 2 is 1.38 bits per heavy atom. The first-order valence-electron chi connectivity index (χ1n) is 11.9. The van der Waals surface area contributed by atoms with Gasteiger partial charge in [-0.25, -0.2) is 4.79 Å². The van der Waals surface area contributed by atoms with Crippen LogP contribution in [0.4, 0.5) is 0 Å². The summed E-state index contributed by atoms with van der Waals surface area (Å²) in [6.45, 7) is 0.774. The first-order valence-corrected chi connectivity index (χ1v) is 11.9. The molecule has 208 valence electrons. The minimum Gasteiger partial charge on any atom is -0.480 e. The third-order valence-corrected chi connectivity index (χ3v) is 5.56. The number of aliphatic imine (C=N–C) groups is 1. The van der Waals surface area contributed by atoms with Crippen LogP contribution in [0.5, 0.6) is 0 Å². The molecule has 13 N–H and O–H groups in total. The zero-order chi connectivity index (χ0) is 28.0. The first-order chi connectivity index (χ1) is 17.4. The lowest BCUT2D eigenvalue weighted by Crippen LogP contribution is -2.57. The van der Waals surface area contributed by atoms with E-state index in [-0.39, 0.29) is 51.0 Å². The Hall–Kier alpha value is -3.95. The molecular formula is C21H37N9O7. The number of hydrogen-bond acceptors (Lipinski definition) is 8. The Balaban J connectivity index is 3.00. The zero-order valence-corrected chi connectivity index (χ0v) is 20.5. The van der Waals surface area contributed by atoms with E-state index in [1.54, 1.807) is 0 Å². The van der Waals surface area contributed by atoms with Crippen LogP contribution in [0.3, 0.4) is 0 Å². The second-order valence-corrected chi connectivity index (χ2v) is 8.63. The first kappa shape index (κ1) is 31.1. The summed E-state index contributed by atoms with van der Waals surface area (Å²) in [5.41, 5.74) is 20.9. The number of carbonyl (C=O) groups is 6. The molecule has 1 rings (SSSR count). The van der Waals surface area contributed by atoms with Crippen molar-refractivity contribution in [1.82, 2.24) is 21.3 Å². The SMILES string of the molecule is NC(=O)CCC(NC(=O)C(CCCN=C(N)N)NC(=O)C(CCC(N)=O)NC(=O)C1CCCN1)C(=O)O. The number of nitrogens with zero attached hydrogens (tertiary/aromatic N) is 1. The summed E-state index contributed by atoms with van der Waals surface area (Å²) in [6.07, 6.45) is 0.759. The molecule has 0 spiro atoms. The molecular weight excluding hydrogens is 490 g/mol. The van der Waals surface area contributed by atoms with Crippen molar-refractivity contribution in [2.45, 2.75) is 75.5 Å². The molecule has 1 aliphatic rings. The maximum Gasteiger partial charge on any atom is 0.326 e. The summed E-state index contributed by atoms with van der Waals surface area (Å²) in [4.78, 5) is 76.2. The number of amides is 5. The standard InChI is InChI=1S/C21H37N9O7/c22-15(31)7-5-13(29-17(33)11-3-1-9-26-11)19(35)28-12(4-2-10-27-21(24)25)18(34)30-14(20(36)37)6-8-16(23)32/h11-14,26H,1-10H2,(H2,22,31)(H2,23,32)(H,28,35)(H,29,33)(H,30,34)(H,36,37)(H4,24,25,27). The number of carbonyl (C=O) groups excluding carboxylic acids is 5. The van der Waals surface area contributed by atoms with E-state index >= 15 is 0 Å². The van der Waals surface area contributed by atoms with Crippen LogP contribution in [0.25, 0.3) is 0 Å². The van der Waals surface area contributed by atoms with Crippen LogP contribution in [0.15, 0.2) is 4.99 Å². The van der Waals surface area contributed by atoms with Gasteiger partial charge in [-0.1, -0.05) is 0 Å². The number of nitrogens with two attached hydrogens (primary N) is 4. The van der Waals surface area contributed by atoms with Crippen molar-refractivity contribution in [3.63, 3.8) is 0 Å². The molecule has 1 aliphatic heterocycles. The van der Waals surface area contributed by atoms with E-state index in [0.29, 0.717) is 13.0 Å². The van der Waals surface area contributed by atoms with Crippen LogP contribution in [0.2, 0.25) is 0 Å². The maximum atomic E-state index is 13.1. The van der Waals surface area contributed by atoms with E-state index in [1.807, 2.05) is 0 Å². The lowest BCUT2D eigenvalue weighted by Gasteiger charge is -2.25. The number of aliphatic carboxylic acids is 1. The number of rotatable bonds is 17. The van der Waals surface area contributed by atoms with Gasteiger partial charge in [0.2, 0.25) is 29.5 Å². The van der Waals surface area contributed by atoms with E-state index in [1.165, 1.54) is 0 Å². The van der Waals surface area contributed by atoms with Gasteiger partial charge in [0.15, 0.2) is 5.96 Å². The lowest BCUT2D eigenvalue weighted by molar-refractivity contribution is -0.142. The van der Waals surface area contributed by atoms with Crippen molar-refractivity contribution in [2.24, 2.45) is 27.9 Å². The van der Waals surface area contributed by atoms with Gasteiger partial charge in [-0.15, -0.1) is 0 Å². The van der Waals surface area contributed by atoms with Crippen LogP contribution < -0.4 is 44.2 Å². The Morgan fingerprint density at radius 3 is 1.86 bits per heavy atom. The predicted octanol–water partition coefficient (Wildman–Crippen LogP) is -4.14.